The van der Waals surface area contributed by atoms with Crippen LogP contribution in [-0.4, -0.2) is 16.3 Å². The summed E-state index contributed by atoms with van der Waals surface area (Å²) in [5.74, 6) is 0. The molecule has 0 spiro atoms. The van der Waals surface area contributed by atoms with Crippen molar-refractivity contribution in [1.82, 2.24) is 10.2 Å². The molecule has 0 aliphatic heterocycles. The third-order valence-corrected chi connectivity index (χ3v) is 1.58. The number of aromatic nitrogens is 2. The number of ether oxygens (including phenoxy) is 1. The lowest BCUT2D eigenvalue weighted by Gasteiger charge is -2.08. The van der Waals surface area contributed by atoms with E-state index >= 15 is 0 Å². The van der Waals surface area contributed by atoms with E-state index in [-0.39, 0.29) is 18.4 Å². The molecule has 1 aromatic heterocycles. The quantitative estimate of drug-likeness (QED) is 0.827. The van der Waals surface area contributed by atoms with Gasteiger partial charge in [-0.3, -0.25) is 5.10 Å². The third-order valence-electron chi connectivity index (χ3n) is 1.58. The standard InChI is InChI=1S/C8H11F3N2O/c1-5(2)14-4-7-6(3-12-13-7)8(9,10)11/h3,5H,4H2,1-2H3,(H,12,13). The van der Waals surface area contributed by atoms with Crippen LogP contribution in [0.4, 0.5) is 13.2 Å². The van der Waals surface area contributed by atoms with E-state index in [9.17, 15) is 13.2 Å². The average Bonchev–Trinajstić information content (AvgIpc) is 2.46. The van der Waals surface area contributed by atoms with Gasteiger partial charge in [-0.05, 0) is 13.8 Å². The van der Waals surface area contributed by atoms with Crippen molar-refractivity contribution >= 4 is 0 Å². The van der Waals surface area contributed by atoms with Crippen LogP contribution < -0.4 is 0 Å². The Morgan fingerprint density at radius 2 is 2.14 bits per heavy atom. The summed E-state index contributed by atoms with van der Waals surface area (Å²) >= 11 is 0. The molecular formula is C8H11F3N2O. The summed E-state index contributed by atoms with van der Waals surface area (Å²) in [7, 11) is 0. The molecule has 0 atom stereocenters. The zero-order valence-corrected chi connectivity index (χ0v) is 7.85. The summed E-state index contributed by atoms with van der Waals surface area (Å²) in [4.78, 5) is 0. The van der Waals surface area contributed by atoms with Gasteiger partial charge in [0, 0.05) is 6.20 Å². The molecule has 0 radical (unpaired) electrons. The molecular weight excluding hydrogens is 197 g/mol. The number of hydrogen-bond donors (Lipinski definition) is 1. The highest BCUT2D eigenvalue weighted by atomic mass is 19.4. The van der Waals surface area contributed by atoms with E-state index in [2.05, 4.69) is 10.2 Å². The maximum atomic E-state index is 12.3. The van der Waals surface area contributed by atoms with Crippen LogP contribution in [0.25, 0.3) is 0 Å². The van der Waals surface area contributed by atoms with Gasteiger partial charge in [-0.2, -0.15) is 18.3 Å². The number of rotatable bonds is 3. The van der Waals surface area contributed by atoms with Gasteiger partial charge < -0.3 is 4.74 Å². The summed E-state index contributed by atoms with van der Waals surface area (Å²) in [6.07, 6.45) is -3.66. The minimum Gasteiger partial charge on any atom is -0.372 e. The maximum absolute atomic E-state index is 12.3. The van der Waals surface area contributed by atoms with Gasteiger partial charge >= 0.3 is 6.18 Å². The zero-order valence-electron chi connectivity index (χ0n) is 7.85. The van der Waals surface area contributed by atoms with Crippen LogP contribution >= 0.6 is 0 Å². The molecule has 3 nitrogen and oxygen atoms in total. The number of aromatic amines is 1. The van der Waals surface area contributed by atoms with Crippen molar-refractivity contribution in [1.29, 1.82) is 0 Å². The van der Waals surface area contributed by atoms with Crippen molar-refractivity contribution in [3.05, 3.63) is 17.5 Å². The Bertz CT molecular complexity index is 293. The van der Waals surface area contributed by atoms with Gasteiger partial charge in [-0.15, -0.1) is 0 Å². The first-order chi connectivity index (χ1) is 6.41. The molecule has 0 saturated heterocycles. The van der Waals surface area contributed by atoms with E-state index in [0.29, 0.717) is 0 Å². The largest absolute Gasteiger partial charge is 0.419 e. The highest BCUT2D eigenvalue weighted by Gasteiger charge is 2.35. The summed E-state index contributed by atoms with van der Waals surface area (Å²) in [5, 5.41) is 5.66. The minimum absolute atomic E-state index is 0.105. The van der Waals surface area contributed by atoms with E-state index in [0.717, 1.165) is 6.20 Å². The second-order valence-corrected chi connectivity index (χ2v) is 3.10. The Hall–Kier alpha value is -1.04. The molecule has 1 N–H and O–H groups in total. The molecule has 0 fully saturated rings. The Morgan fingerprint density at radius 1 is 1.50 bits per heavy atom. The SMILES string of the molecule is CC(C)OCc1n[nH]cc1C(F)(F)F. The van der Waals surface area contributed by atoms with Gasteiger partial charge in [0.2, 0.25) is 0 Å². The minimum atomic E-state index is -4.37. The molecule has 1 heterocycles. The average molecular weight is 208 g/mol. The molecule has 80 valence electrons. The zero-order chi connectivity index (χ0) is 10.8. The van der Waals surface area contributed by atoms with Crippen LogP contribution in [0.2, 0.25) is 0 Å². The lowest BCUT2D eigenvalue weighted by Crippen LogP contribution is -2.10. The van der Waals surface area contributed by atoms with Crippen molar-refractivity contribution in [3.63, 3.8) is 0 Å². The molecule has 1 rings (SSSR count). The summed E-state index contributed by atoms with van der Waals surface area (Å²) in [5.41, 5.74) is -0.871. The Balaban J connectivity index is 2.73. The van der Waals surface area contributed by atoms with Gasteiger partial charge in [0.05, 0.1) is 18.3 Å². The fourth-order valence-electron chi connectivity index (χ4n) is 0.919. The molecule has 0 bridgehead atoms. The first kappa shape index (κ1) is 11.0. The Morgan fingerprint density at radius 3 is 2.64 bits per heavy atom. The van der Waals surface area contributed by atoms with Crippen molar-refractivity contribution in [2.45, 2.75) is 32.7 Å². The van der Waals surface area contributed by atoms with E-state index in [4.69, 9.17) is 4.74 Å². The van der Waals surface area contributed by atoms with E-state index < -0.39 is 11.7 Å². The first-order valence-corrected chi connectivity index (χ1v) is 4.12. The first-order valence-electron chi connectivity index (χ1n) is 4.12. The fraction of sp³-hybridized carbons (Fsp3) is 0.625. The molecule has 0 unspecified atom stereocenters. The van der Waals surface area contributed by atoms with Crippen LogP contribution in [0, 0.1) is 0 Å². The summed E-state index contributed by atoms with van der Waals surface area (Å²) < 4.78 is 41.9. The number of nitrogens with zero attached hydrogens (tertiary/aromatic N) is 1. The number of H-pyrrole nitrogens is 1. The molecule has 1 aromatic rings. The van der Waals surface area contributed by atoms with Gasteiger partial charge in [-0.25, -0.2) is 0 Å². The van der Waals surface area contributed by atoms with Gasteiger partial charge in [0.1, 0.15) is 5.69 Å². The maximum Gasteiger partial charge on any atom is 0.419 e. The molecule has 14 heavy (non-hydrogen) atoms. The Kier molecular flexibility index (Phi) is 3.15. The second-order valence-electron chi connectivity index (χ2n) is 3.10. The Labute approximate surface area is 79.3 Å². The highest BCUT2D eigenvalue weighted by Crippen LogP contribution is 2.31. The van der Waals surface area contributed by atoms with E-state index in [1.165, 1.54) is 0 Å². The topological polar surface area (TPSA) is 37.9 Å². The fourth-order valence-corrected chi connectivity index (χ4v) is 0.919. The number of nitrogens with one attached hydrogen (secondary N) is 1. The highest BCUT2D eigenvalue weighted by molar-refractivity contribution is 5.18. The molecule has 0 aliphatic rings. The molecule has 0 amide bonds. The van der Waals surface area contributed by atoms with Crippen LogP contribution in [-0.2, 0) is 17.5 Å². The predicted molar refractivity (Wildman–Crippen MR) is 43.5 cm³/mol. The normalized spacial score (nSPS) is 12.4. The predicted octanol–water partition coefficient (Wildman–Crippen LogP) is 2.35. The van der Waals surface area contributed by atoms with Gasteiger partial charge in [0.25, 0.3) is 0 Å². The third kappa shape index (κ3) is 2.73. The van der Waals surface area contributed by atoms with E-state index in [1.54, 1.807) is 13.8 Å². The van der Waals surface area contributed by atoms with Gasteiger partial charge in [0.15, 0.2) is 0 Å². The van der Waals surface area contributed by atoms with Crippen molar-refractivity contribution in [2.75, 3.05) is 0 Å². The van der Waals surface area contributed by atoms with E-state index in [1.807, 2.05) is 0 Å². The van der Waals surface area contributed by atoms with Crippen LogP contribution in [0.3, 0.4) is 0 Å². The van der Waals surface area contributed by atoms with Crippen LogP contribution in [0.15, 0.2) is 6.20 Å². The summed E-state index contributed by atoms with van der Waals surface area (Å²) in [6, 6.07) is 0. The lowest BCUT2D eigenvalue weighted by molar-refractivity contribution is -0.139. The van der Waals surface area contributed by atoms with Crippen LogP contribution in [0.1, 0.15) is 25.1 Å². The molecule has 0 saturated carbocycles. The smallest absolute Gasteiger partial charge is 0.372 e. The molecule has 0 aromatic carbocycles. The monoisotopic (exact) mass is 208 g/mol. The van der Waals surface area contributed by atoms with Crippen molar-refractivity contribution < 1.29 is 17.9 Å². The second kappa shape index (κ2) is 4.00. The number of alkyl halides is 3. The lowest BCUT2D eigenvalue weighted by atomic mass is 10.2. The molecule has 6 heteroatoms. The summed E-state index contributed by atoms with van der Waals surface area (Å²) in [6.45, 7) is 3.37. The van der Waals surface area contributed by atoms with Crippen molar-refractivity contribution in [3.8, 4) is 0 Å². The number of halogens is 3. The molecule has 0 aliphatic carbocycles. The van der Waals surface area contributed by atoms with Gasteiger partial charge in [-0.1, -0.05) is 0 Å². The van der Waals surface area contributed by atoms with Crippen molar-refractivity contribution in [2.24, 2.45) is 0 Å². The number of hydrogen-bond acceptors (Lipinski definition) is 2. The van der Waals surface area contributed by atoms with Crippen LogP contribution in [0.5, 0.6) is 0 Å².